The maximum Gasteiger partial charge on any atom is 0.260 e. The molecule has 1 heterocycles. The van der Waals surface area contributed by atoms with E-state index in [0.29, 0.717) is 6.54 Å². The molecule has 104 valence electrons. The molecule has 5 heteroatoms. The molecule has 2 nitrogen and oxygen atoms in total. The monoisotopic (exact) mass is 319 g/mol. The summed E-state index contributed by atoms with van der Waals surface area (Å²) in [4.78, 5) is 14.1. The van der Waals surface area contributed by atoms with Crippen molar-refractivity contribution in [3.63, 3.8) is 0 Å². The van der Waals surface area contributed by atoms with Crippen molar-refractivity contribution in [2.45, 2.75) is 30.3 Å². The third-order valence-electron chi connectivity index (χ3n) is 3.85. The number of nitrogens with zero attached hydrogens (tertiary/aromatic N) is 1. The van der Waals surface area contributed by atoms with Crippen LogP contribution in [0, 0.1) is 5.92 Å². The Bertz CT molecular complexity index is 473. The molecule has 1 amide bonds. The lowest BCUT2D eigenvalue weighted by molar-refractivity contribution is -0.131. The van der Waals surface area contributed by atoms with Crippen LogP contribution >= 0.6 is 34.8 Å². The number of benzene rings is 1. The Morgan fingerprint density at radius 2 is 1.79 bits per heavy atom. The Kier molecular flexibility index (Phi) is 4.06. The Labute approximate surface area is 128 Å². The van der Waals surface area contributed by atoms with E-state index >= 15 is 0 Å². The van der Waals surface area contributed by atoms with Crippen LogP contribution in [0.25, 0.3) is 0 Å². The molecule has 0 aliphatic carbocycles. The second-order valence-corrected chi connectivity index (χ2v) is 7.05. The molecule has 0 bridgehead atoms. The van der Waals surface area contributed by atoms with Crippen molar-refractivity contribution in [2.75, 3.05) is 5.88 Å². The predicted octanol–water partition coefficient (Wildman–Crippen LogP) is 3.84. The average molecular weight is 321 g/mol. The first-order valence-electron chi connectivity index (χ1n) is 6.11. The fourth-order valence-corrected chi connectivity index (χ4v) is 4.21. The van der Waals surface area contributed by atoms with E-state index in [4.69, 9.17) is 34.8 Å². The SMILES string of the molecule is CC1(C)C(CCl)C(Cl)(Cl)C(=O)N1Cc1ccccc1. The molecule has 1 atom stereocenters. The first-order chi connectivity index (χ1) is 8.81. The fourth-order valence-electron chi connectivity index (χ4n) is 2.55. The van der Waals surface area contributed by atoms with E-state index in [1.54, 1.807) is 4.90 Å². The van der Waals surface area contributed by atoms with Gasteiger partial charge in [0.05, 0.1) is 0 Å². The molecule has 1 fully saturated rings. The predicted molar refractivity (Wildman–Crippen MR) is 79.7 cm³/mol. The minimum Gasteiger partial charge on any atom is -0.330 e. The first-order valence-corrected chi connectivity index (χ1v) is 7.40. The van der Waals surface area contributed by atoms with Gasteiger partial charge < -0.3 is 4.90 Å². The van der Waals surface area contributed by atoms with Crippen LogP contribution in [0.15, 0.2) is 30.3 Å². The molecular formula is C14H16Cl3NO. The minimum absolute atomic E-state index is 0.247. The Morgan fingerprint density at radius 1 is 1.21 bits per heavy atom. The van der Waals surface area contributed by atoms with Crippen molar-refractivity contribution in [1.82, 2.24) is 4.90 Å². The summed E-state index contributed by atoms with van der Waals surface area (Å²) in [5, 5.41) is 0. The number of hydrogen-bond donors (Lipinski definition) is 0. The largest absolute Gasteiger partial charge is 0.330 e. The number of likely N-dealkylation sites (tertiary alicyclic amines) is 1. The van der Waals surface area contributed by atoms with Gasteiger partial charge in [-0.3, -0.25) is 4.79 Å². The highest BCUT2D eigenvalue weighted by Crippen LogP contribution is 2.49. The number of carbonyl (C=O) groups excluding carboxylic acids is 1. The van der Waals surface area contributed by atoms with E-state index in [0.717, 1.165) is 5.56 Å². The molecule has 0 spiro atoms. The average Bonchev–Trinajstić information content (AvgIpc) is 2.47. The van der Waals surface area contributed by atoms with E-state index in [2.05, 4.69) is 0 Å². The zero-order chi connectivity index (χ0) is 14.3. The second-order valence-electron chi connectivity index (χ2n) is 5.36. The van der Waals surface area contributed by atoms with E-state index in [9.17, 15) is 4.79 Å². The third-order valence-corrected chi connectivity index (χ3v) is 5.01. The van der Waals surface area contributed by atoms with Crippen molar-refractivity contribution in [2.24, 2.45) is 5.92 Å². The van der Waals surface area contributed by atoms with Gasteiger partial charge in [0, 0.05) is 23.9 Å². The molecule has 1 aliphatic rings. The maximum atomic E-state index is 12.4. The number of alkyl halides is 3. The zero-order valence-corrected chi connectivity index (χ0v) is 13.1. The van der Waals surface area contributed by atoms with Crippen LogP contribution in [0.1, 0.15) is 19.4 Å². The molecule has 1 aliphatic heterocycles. The summed E-state index contributed by atoms with van der Waals surface area (Å²) in [5.74, 6) is -0.326. The summed E-state index contributed by atoms with van der Waals surface area (Å²) in [6.07, 6.45) is 0. The lowest BCUT2D eigenvalue weighted by atomic mass is 9.89. The Morgan fingerprint density at radius 3 is 2.26 bits per heavy atom. The molecule has 1 unspecified atom stereocenters. The lowest BCUT2D eigenvalue weighted by Gasteiger charge is -2.35. The lowest BCUT2D eigenvalue weighted by Crippen LogP contribution is -2.44. The zero-order valence-electron chi connectivity index (χ0n) is 10.9. The number of hydrogen-bond acceptors (Lipinski definition) is 1. The van der Waals surface area contributed by atoms with Gasteiger partial charge in [0.15, 0.2) is 0 Å². The number of amides is 1. The van der Waals surface area contributed by atoms with Crippen molar-refractivity contribution < 1.29 is 4.79 Å². The van der Waals surface area contributed by atoms with E-state index in [-0.39, 0.29) is 17.7 Å². The fraction of sp³-hybridized carbons (Fsp3) is 0.500. The molecule has 1 aromatic rings. The quantitative estimate of drug-likeness (QED) is 0.775. The van der Waals surface area contributed by atoms with Crippen LogP contribution in [0.4, 0.5) is 0 Å². The van der Waals surface area contributed by atoms with E-state index < -0.39 is 9.87 Å². The molecule has 1 saturated heterocycles. The topological polar surface area (TPSA) is 20.3 Å². The number of rotatable bonds is 3. The van der Waals surface area contributed by atoms with Gasteiger partial charge in [0.25, 0.3) is 5.91 Å². The first kappa shape index (κ1) is 15.0. The maximum absolute atomic E-state index is 12.4. The van der Waals surface area contributed by atoms with Crippen LogP contribution in [-0.2, 0) is 11.3 Å². The Hall–Kier alpha value is -0.440. The van der Waals surface area contributed by atoms with Crippen molar-refractivity contribution in [1.29, 1.82) is 0 Å². The highest BCUT2D eigenvalue weighted by molar-refractivity contribution is 6.59. The van der Waals surface area contributed by atoms with Crippen LogP contribution < -0.4 is 0 Å². The van der Waals surface area contributed by atoms with Gasteiger partial charge in [-0.25, -0.2) is 0 Å². The molecule has 0 aromatic heterocycles. The van der Waals surface area contributed by atoms with Gasteiger partial charge >= 0.3 is 0 Å². The van der Waals surface area contributed by atoms with Gasteiger partial charge in [-0.2, -0.15) is 0 Å². The van der Waals surface area contributed by atoms with E-state index in [1.807, 2.05) is 44.2 Å². The summed E-state index contributed by atoms with van der Waals surface area (Å²) in [7, 11) is 0. The summed E-state index contributed by atoms with van der Waals surface area (Å²) < 4.78 is -1.44. The molecule has 0 N–H and O–H groups in total. The summed E-state index contributed by atoms with van der Waals surface area (Å²) in [6, 6.07) is 9.77. The smallest absolute Gasteiger partial charge is 0.260 e. The van der Waals surface area contributed by atoms with Crippen LogP contribution in [-0.4, -0.2) is 26.6 Å². The van der Waals surface area contributed by atoms with Crippen molar-refractivity contribution >= 4 is 40.7 Å². The highest BCUT2D eigenvalue weighted by atomic mass is 35.5. The molecular weight excluding hydrogens is 305 g/mol. The van der Waals surface area contributed by atoms with Crippen molar-refractivity contribution in [3.05, 3.63) is 35.9 Å². The summed E-state index contributed by atoms with van der Waals surface area (Å²) in [6.45, 7) is 4.39. The van der Waals surface area contributed by atoms with Crippen molar-refractivity contribution in [3.8, 4) is 0 Å². The molecule has 1 aromatic carbocycles. The van der Waals surface area contributed by atoms with Crippen LogP contribution in [0.2, 0.25) is 0 Å². The number of halogens is 3. The second kappa shape index (κ2) is 5.16. The standard InChI is InChI=1S/C14H16Cl3NO/c1-13(2)11(8-15)14(16,17)12(19)18(13)9-10-6-4-3-5-7-10/h3-7,11H,8-9H2,1-2H3. The van der Waals surface area contributed by atoms with Gasteiger partial charge in [-0.05, 0) is 19.4 Å². The minimum atomic E-state index is -1.44. The molecule has 2 rings (SSSR count). The Balaban J connectivity index is 2.33. The normalized spacial score (nSPS) is 24.8. The molecule has 0 saturated carbocycles. The van der Waals surface area contributed by atoms with Crippen LogP contribution in [0.5, 0.6) is 0 Å². The molecule has 19 heavy (non-hydrogen) atoms. The molecule has 0 radical (unpaired) electrons. The van der Waals surface area contributed by atoms with E-state index in [1.165, 1.54) is 0 Å². The van der Waals surface area contributed by atoms with Gasteiger partial charge in [-0.15, -0.1) is 11.6 Å². The van der Waals surface area contributed by atoms with Gasteiger partial charge in [0.2, 0.25) is 4.33 Å². The summed E-state index contributed by atoms with van der Waals surface area (Å²) >= 11 is 18.4. The summed E-state index contributed by atoms with van der Waals surface area (Å²) in [5.41, 5.74) is 0.571. The van der Waals surface area contributed by atoms with Gasteiger partial charge in [0.1, 0.15) is 0 Å². The van der Waals surface area contributed by atoms with Crippen LogP contribution in [0.3, 0.4) is 0 Å². The third kappa shape index (κ3) is 2.46. The highest BCUT2D eigenvalue weighted by Gasteiger charge is 2.61. The van der Waals surface area contributed by atoms with Gasteiger partial charge in [-0.1, -0.05) is 53.5 Å². The number of carbonyl (C=O) groups is 1.